The molecular formula is C15H27N. The topological polar surface area (TPSA) is 4.93 Å². The maximum atomic E-state index is 2.42. The summed E-state index contributed by atoms with van der Waals surface area (Å²) >= 11 is 0. The summed E-state index contributed by atoms with van der Waals surface area (Å²) in [4.78, 5) is 0. The zero-order valence-corrected chi connectivity index (χ0v) is 11.5. The van der Waals surface area contributed by atoms with E-state index in [2.05, 4.69) is 63.7 Å². The molecule has 0 amide bonds. The van der Waals surface area contributed by atoms with Crippen LogP contribution in [0.1, 0.15) is 53.9 Å². The first kappa shape index (κ1) is 13.3. The van der Waals surface area contributed by atoms with Crippen LogP contribution < -0.4 is 0 Å². The van der Waals surface area contributed by atoms with Crippen molar-refractivity contribution in [1.82, 2.24) is 4.57 Å². The zero-order chi connectivity index (χ0) is 12.2. The Labute approximate surface area is 101 Å². The van der Waals surface area contributed by atoms with E-state index >= 15 is 0 Å². The molecule has 1 heterocycles. The number of aromatic nitrogens is 1. The van der Waals surface area contributed by atoms with Crippen molar-refractivity contribution in [1.29, 1.82) is 0 Å². The third-order valence-corrected chi connectivity index (χ3v) is 4.49. The fourth-order valence-electron chi connectivity index (χ4n) is 2.79. The first-order chi connectivity index (χ1) is 7.57. The van der Waals surface area contributed by atoms with E-state index in [1.165, 1.54) is 19.3 Å². The van der Waals surface area contributed by atoms with Crippen molar-refractivity contribution >= 4 is 0 Å². The molecule has 0 N–H and O–H groups in total. The summed E-state index contributed by atoms with van der Waals surface area (Å²) in [6.45, 7) is 11.8. The van der Waals surface area contributed by atoms with E-state index in [4.69, 9.17) is 0 Å². The Bertz CT molecular complexity index is 288. The predicted octanol–water partition coefficient (Wildman–Crippen LogP) is 4.69. The molecule has 3 unspecified atom stereocenters. The molecule has 1 rings (SSSR count). The van der Waals surface area contributed by atoms with Crippen LogP contribution in [-0.2, 0) is 5.54 Å². The highest BCUT2D eigenvalue weighted by Crippen LogP contribution is 2.38. The monoisotopic (exact) mass is 221 g/mol. The number of hydrogen-bond donors (Lipinski definition) is 0. The van der Waals surface area contributed by atoms with Crippen LogP contribution in [0.25, 0.3) is 0 Å². The lowest BCUT2D eigenvalue weighted by atomic mass is 9.73. The van der Waals surface area contributed by atoms with Gasteiger partial charge in [0.25, 0.3) is 0 Å². The van der Waals surface area contributed by atoms with Gasteiger partial charge in [0.05, 0.1) is 0 Å². The molecule has 16 heavy (non-hydrogen) atoms. The average molecular weight is 221 g/mol. The molecule has 92 valence electrons. The van der Waals surface area contributed by atoms with E-state index in [0.29, 0.717) is 5.92 Å². The fraction of sp³-hybridized carbons (Fsp3) is 0.733. The van der Waals surface area contributed by atoms with Crippen molar-refractivity contribution in [3.8, 4) is 0 Å². The van der Waals surface area contributed by atoms with E-state index in [9.17, 15) is 0 Å². The highest BCUT2D eigenvalue weighted by Gasteiger charge is 2.36. The van der Waals surface area contributed by atoms with Crippen LogP contribution in [0.2, 0.25) is 0 Å². The van der Waals surface area contributed by atoms with Gasteiger partial charge in [-0.3, -0.25) is 0 Å². The van der Waals surface area contributed by atoms with Gasteiger partial charge in [0, 0.05) is 17.9 Å². The first-order valence-electron chi connectivity index (χ1n) is 6.70. The first-order valence-corrected chi connectivity index (χ1v) is 6.70. The summed E-state index contributed by atoms with van der Waals surface area (Å²) in [5, 5.41) is 0. The molecule has 0 bridgehead atoms. The van der Waals surface area contributed by atoms with Crippen LogP contribution >= 0.6 is 0 Å². The lowest BCUT2D eigenvalue weighted by Gasteiger charge is -2.42. The molecule has 0 saturated carbocycles. The molecule has 1 nitrogen and oxygen atoms in total. The Kier molecular flexibility index (Phi) is 4.64. The van der Waals surface area contributed by atoms with Gasteiger partial charge in [-0.05, 0) is 37.3 Å². The Hall–Kier alpha value is -0.720. The van der Waals surface area contributed by atoms with Crippen LogP contribution in [0.4, 0.5) is 0 Å². The molecule has 1 aromatic heterocycles. The molecule has 0 radical (unpaired) electrons. The van der Waals surface area contributed by atoms with Crippen LogP contribution in [0.5, 0.6) is 0 Å². The minimum atomic E-state index is 0.258. The normalized spacial score (nSPS) is 19.1. The lowest BCUT2D eigenvalue weighted by Crippen LogP contribution is -2.42. The molecule has 1 heteroatoms. The SMILES string of the molecule is CCCC(C)C(C)(C(C)CC)n1cccc1. The van der Waals surface area contributed by atoms with Gasteiger partial charge < -0.3 is 4.57 Å². The van der Waals surface area contributed by atoms with Crippen LogP contribution in [0.15, 0.2) is 24.5 Å². The second kappa shape index (κ2) is 5.56. The number of hydrogen-bond acceptors (Lipinski definition) is 0. The lowest BCUT2D eigenvalue weighted by molar-refractivity contribution is 0.112. The smallest absolute Gasteiger partial charge is 0.0462 e. The molecule has 0 aliphatic carbocycles. The van der Waals surface area contributed by atoms with Gasteiger partial charge in [0.2, 0.25) is 0 Å². The summed E-state index contributed by atoms with van der Waals surface area (Å²) < 4.78 is 2.42. The highest BCUT2D eigenvalue weighted by molar-refractivity contribution is 5.00. The molecule has 0 saturated heterocycles. The number of nitrogens with zero attached hydrogens (tertiary/aromatic N) is 1. The highest BCUT2D eigenvalue weighted by atomic mass is 15.0. The quantitative estimate of drug-likeness (QED) is 0.657. The zero-order valence-electron chi connectivity index (χ0n) is 11.5. The Balaban J connectivity index is 3.02. The van der Waals surface area contributed by atoms with E-state index in [1.807, 2.05) is 0 Å². The van der Waals surface area contributed by atoms with Crippen molar-refractivity contribution < 1.29 is 0 Å². The fourth-order valence-corrected chi connectivity index (χ4v) is 2.79. The molecule has 0 aliphatic heterocycles. The molecule has 0 fully saturated rings. The molecular weight excluding hydrogens is 194 g/mol. The van der Waals surface area contributed by atoms with Gasteiger partial charge in [0.15, 0.2) is 0 Å². The Morgan fingerprint density at radius 2 is 1.62 bits per heavy atom. The third kappa shape index (κ3) is 2.34. The van der Waals surface area contributed by atoms with Crippen molar-refractivity contribution in [2.24, 2.45) is 11.8 Å². The molecule has 0 aromatic carbocycles. The minimum Gasteiger partial charge on any atom is -0.348 e. The van der Waals surface area contributed by atoms with Crippen LogP contribution in [0.3, 0.4) is 0 Å². The Morgan fingerprint density at radius 3 is 2.06 bits per heavy atom. The standard InChI is InChI=1S/C15H27N/c1-6-10-14(4)15(5,13(3)7-2)16-11-8-9-12-16/h8-9,11-14H,6-7,10H2,1-5H3. The second-order valence-electron chi connectivity index (χ2n) is 5.32. The van der Waals surface area contributed by atoms with Gasteiger partial charge in [-0.15, -0.1) is 0 Å². The summed E-state index contributed by atoms with van der Waals surface area (Å²) in [5.74, 6) is 1.43. The van der Waals surface area contributed by atoms with Crippen LogP contribution in [-0.4, -0.2) is 4.57 Å². The molecule has 0 spiro atoms. The van der Waals surface area contributed by atoms with Gasteiger partial charge in [-0.2, -0.15) is 0 Å². The third-order valence-electron chi connectivity index (χ3n) is 4.49. The van der Waals surface area contributed by atoms with Crippen molar-refractivity contribution in [2.75, 3.05) is 0 Å². The number of rotatable bonds is 6. The van der Waals surface area contributed by atoms with Gasteiger partial charge in [-0.1, -0.05) is 40.5 Å². The van der Waals surface area contributed by atoms with Gasteiger partial charge >= 0.3 is 0 Å². The van der Waals surface area contributed by atoms with Crippen molar-refractivity contribution in [3.63, 3.8) is 0 Å². The summed E-state index contributed by atoms with van der Waals surface area (Å²) in [7, 11) is 0. The van der Waals surface area contributed by atoms with Crippen molar-refractivity contribution in [2.45, 2.75) is 59.4 Å². The largest absolute Gasteiger partial charge is 0.348 e. The molecule has 1 aromatic rings. The summed E-state index contributed by atoms with van der Waals surface area (Å²) in [5.41, 5.74) is 0.258. The summed E-state index contributed by atoms with van der Waals surface area (Å²) in [6, 6.07) is 4.28. The van der Waals surface area contributed by atoms with Crippen molar-refractivity contribution in [3.05, 3.63) is 24.5 Å². The van der Waals surface area contributed by atoms with Gasteiger partial charge in [-0.25, -0.2) is 0 Å². The van der Waals surface area contributed by atoms with E-state index in [0.717, 1.165) is 5.92 Å². The maximum absolute atomic E-state index is 2.42. The Morgan fingerprint density at radius 1 is 1.06 bits per heavy atom. The van der Waals surface area contributed by atoms with E-state index in [1.54, 1.807) is 0 Å². The predicted molar refractivity (Wildman–Crippen MR) is 71.6 cm³/mol. The van der Waals surface area contributed by atoms with E-state index in [-0.39, 0.29) is 5.54 Å². The maximum Gasteiger partial charge on any atom is 0.0462 e. The molecule has 0 aliphatic rings. The minimum absolute atomic E-state index is 0.258. The average Bonchev–Trinajstić information content (AvgIpc) is 2.80. The second-order valence-corrected chi connectivity index (χ2v) is 5.32. The van der Waals surface area contributed by atoms with Gasteiger partial charge in [0.1, 0.15) is 0 Å². The van der Waals surface area contributed by atoms with Crippen LogP contribution in [0, 0.1) is 11.8 Å². The summed E-state index contributed by atoms with van der Waals surface area (Å²) in [6.07, 6.45) is 8.26. The van der Waals surface area contributed by atoms with E-state index < -0.39 is 0 Å². The molecule has 3 atom stereocenters.